The smallest absolute Gasteiger partial charge is 0.311 e. The number of rotatable bonds is 6. The molecule has 286 valence electrons. The number of ether oxygens (including phenoxy) is 6. The van der Waals surface area contributed by atoms with Gasteiger partial charge in [0.15, 0.2) is 12.6 Å². The van der Waals surface area contributed by atoms with Crippen molar-refractivity contribution >= 4 is 5.97 Å². The van der Waals surface area contributed by atoms with Crippen molar-refractivity contribution in [2.24, 2.45) is 17.8 Å². The molecule has 13 heteroatoms. The second kappa shape index (κ2) is 16.6. The van der Waals surface area contributed by atoms with E-state index >= 15 is 0 Å². The van der Waals surface area contributed by atoms with Crippen LogP contribution < -0.4 is 0 Å². The van der Waals surface area contributed by atoms with Crippen molar-refractivity contribution in [3.63, 3.8) is 0 Å². The number of cyclic esters (lactones) is 1. The van der Waals surface area contributed by atoms with E-state index in [0.717, 1.165) is 0 Å². The third kappa shape index (κ3) is 9.61. The van der Waals surface area contributed by atoms with Gasteiger partial charge in [0.2, 0.25) is 0 Å². The van der Waals surface area contributed by atoms with Crippen molar-refractivity contribution in [2.75, 3.05) is 20.7 Å². The molecule has 3 aliphatic heterocycles. The molecule has 0 saturated carbocycles. The second-order valence-electron chi connectivity index (χ2n) is 15.7. The molecule has 0 bridgehead atoms. The minimum atomic E-state index is -1.79. The molecule has 2 saturated heterocycles. The van der Waals surface area contributed by atoms with Crippen molar-refractivity contribution in [1.29, 1.82) is 0 Å². The summed E-state index contributed by atoms with van der Waals surface area (Å²) in [4.78, 5) is 16.0. The number of carbonyl (C=O) groups excluding carboxylic acids is 1. The third-order valence-electron chi connectivity index (χ3n) is 11.1. The van der Waals surface area contributed by atoms with Crippen LogP contribution >= 0.6 is 0 Å². The molecule has 0 aliphatic carbocycles. The summed E-state index contributed by atoms with van der Waals surface area (Å²) >= 11 is 0. The van der Waals surface area contributed by atoms with Crippen molar-refractivity contribution in [2.45, 2.75) is 173 Å². The normalized spacial score (nSPS) is 49.9. The van der Waals surface area contributed by atoms with Gasteiger partial charge in [0.1, 0.15) is 30.0 Å². The highest BCUT2D eigenvalue weighted by molar-refractivity contribution is 5.73. The molecule has 0 aromatic heterocycles. The number of hydrogen-bond donors (Lipinski definition) is 5. The monoisotopic (exact) mass is 703 g/mol. The summed E-state index contributed by atoms with van der Waals surface area (Å²) in [6.45, 7) is 17.8. The second-order valence-corrected chi connectivity index (χ2v) is 15.7. The van der Waals surface area contributed by atoms with Crippen molar-refractivity contribution in [3.8, 4) is 0 Å². The number of nitrogens with zero attached hydrogens (tertiary/aromatic N) is 1. The molecule has 3 rings (SSSR count). The van der Waals surface area contributed by atoms with Crippen LogP contribution in [0.4, 0.5) is 0 Å². The van der Waals surface area contributed by atoms with Crippen LogP contribution in [0.1, 0.15) is 88.5 Å². The van der Waals surface area contributed by atoms with Gasteiger partial charge in [0.05, 0.1) is 41.5 Å². The van der Waals surface area contributed by atoms with Gasteiger partial charge in [0.25, 0.3) is 0 Å². The lowest BCUT2D eigenvalue weighted by molar-refractivity contribution is -0.309. The lowest BCUT2D eigenvalue weighted by atomic mass is 9.77. The summed E-state index contributed by atoms with van der Waals surface area (Å²) in [5.74, 6) is -2.57. The Bertz CT molecular complexity index is 1100. The highest BCUT2D eigenvalue weighted by Gasteiger charge is 2.52. The summed E-state index contributed by atoms with van der Waals surface area (Å²) in [6, 6.07) is -0.533. The zero-order valence-corrected chi connectivity index (χ0v) is 31.6. The number of aliphatic hydroxyl groups is 5. The van der Waals surface area contributed by atoms with Gasteiger partial charge in [-0.2, -0.15) is 0 Å². The molecule has 3 aliphatic rings. The van der Waals surface area contributed by atoms with Gasteiger partial charge in [-0.3, -0.25) is 4.79 Å². The van der Waals surface area contributed by atoms with E-state index in [0.29, 0.717) is 6.54 Å². The molecule has 49 heavy (non-hydrogen) atoms. The summed E-state index contributed by atoms with van der Waals surface area (Å²) < 4.78 is 36.9. The minimum absolute atomic E-state index is 0.133. The predicted octanol–water partition coefficient (Wildman–Crippen LogP) is 2.14. The maximum atomic E-state index is 14.1. The zero-order valence-electron chi connectivity index (χ0n) is 31.6. The van der Waals surface area contributed by atoms with E-state index in [1.807, 2.05) is 25.8 Å². The van der Waals surface area contributed by atoms with Crippen LogP contribution in [0.15, 0.2) is 12.2 Å². The van der Waals surface area contributed by atoms with Gasteiger partial charge < -0.3 is 58.9 Å². The topological polar surface area (TPSA) is 177 Å². The SMILES string of the molecule is CC[C@H]1OC(=O)[C@H](C)[C@@H](O[C@H]2C[C@@](C)(OC)[C@@H](O)[C@H](C)O2)[C@H](C)[C@@H](O[C@@H]2O[C@H](C)C=C[C@H]2O)C(C)(O)C[C@@H](C)CN(C)[C@H](C)[C@H](O)[C@]1(C)O. The fourth-order valence-corrected chi connectivity index (χ4v) is 7.89. The Kier molecular flexibility index (Phi) is 14.3. The van der Waals surface area contributed by atoms with Gasteiger partial charge in [0, 0.05) is 32.0 Å². The molecule has 0 radical (unpaired) electrons. The molecule has 0 aromatic carbocycles. The number of methoxy groups -OCH3 is 1. The lowest BCUT2D eigenvalue weighted by Crippen LogP contribution is -2.59. The molecular formula is C36H65NO12. The largest absolute Gasteiger partial charge is 0.459 e. The van der Waals surface area contributed by atoms with E-state index in [-0.39, 0.29) is 31.3 Å². The van der Waals surface area contributed by atoms with Gasteiger partial charge in [-0.1, -0.05) is 32.9 Å². The van der Waals surface area contributed by atoms with E-state index in [2.05, 4.69) is 0 Å². The van der Waals surface area contributed by atoms with Crippen LogP contribution in [0.3, 0.4) is 0 Å². The average Bonchev–Trinajstić information content (AvgIpc) is 3.02. The van der Waals surface area contributed by atoms with Gasteiger partial charge in [-0.25, -0.2) is 0 Å². The van der Waals surface area contributed by atoms with Gasteiger partial charge >= 0.3 is 5.97 Å². The summed E-state index contributed by atoms with van der Waals surface area (Å²) in [5.41, 5.74) is -4.35. The highest BCUT2D eigenvalue weighted by Crippen LogP contribution is 2.39. The van der Waals surface area contributed by atoms with E-state index in [1.165, 1.54) is 14.0 Å². The lowest BCUT2D eigenvalue weighted by Gasteiger charge is -2.47. The average molecular weight is 704 g/mol. The van der Waals surface area contributed by atoms with E-state index in [9.17, 15) is 30.3 Å². The summed E-state index contributed by atoms with van der Waals surface area (Å²) in [5, 5.41) is 57.1. The first-order valence-corrected chi connectivity index (χ1v) is 17.8. The van der Waals surface area contributed by atoms with Crippen LogP contribution in [-0.2, 0) is 33.2 Å². The van der Waals surface area contributed by atoms with E-state index < -0.39 is 96.0 Å². The molecule has 5 N–H and O–H groups in total. The third-order valence-corrected chi connectivity index (χ3v) is 11.1. The molecule has 3 heterocycles. The maximum absolute atomic E-state index is 14.1. The van der Waals surface area contributed by atoms with Crippen LogP contribution in [0.25, 0.3) is 0 Å². The Labute approximate surface area is 292 Å². The molecule has 13 nitrogen and oxygen atoms in total. The fraction of sp³-hybridized carbons (Fsp3) is 0.917. The minimum Gasteiger partial charge on any atom is -0.459 e. The van der Waals surface area contributed by atoms with Crippen LogP contribution in [-0.4, -0.2) is 141 Å². The maximum Gasteiger partial charge on any atom is 0.311 e. The molecule has 1 unspecified atom stereocenters. The quantitative estimate of drug-likeness (QED) is 0.201. The molecule has 0 amide bonds. The fourth-order valence-electron chi connectivity index (χ4n) is 7.89. The number of esters is 1. The Morgan fingerprint density at radius 2 is 1.57 bits per heavy atom. The van der Waals surface area contributed by atoms with E-state index in [4.69, 9.17) is 28.4 Å². The Balaban J connectivity index is 2.15. The van der Waals surface area contributed by atoms with Gasteiger partial charge in [-0.05, 0) is 74.3 Å². The highest BCUT2D eigenvalue weighted by atomic mass is 16.7. The molecular weight excluding hydrogens is 638 g/mol. The van der Waals surface area contributed by atoms with Crippen LogP contribution in [0, 0.1) is 17.8 Å². The Hall–Kier alpha value is -1.23. The summed E-state index contributed by atoms with van der Waals surface area (Å²) in [7, 11) is 3.33. The Morgan fingerprint density at radius 3 is 2.16 bits per heavy atom. The molecule has 0 aromatic rings. The Morgan fingerprint density at radius 1 is 0.939 bits per heavy atom. The first-order valence-electron chi connectivity index (χ1n) is 17.8. The van der Waals surface area contributed by atoms with Crippen LogP contribution in [0.5, 0.6) is 0 Å². The first-order chi connectivity index (χ1) is 22.6. The zero-order chi connectivity index (χ0) is 37.2. The van der Waals surface area contributed by atoms with E-state index in [1.54, 1.807) is 60.6 Å². The van der Waals surface area contributed by atoms with Crippen molar-refractivity contribution in [1.82, 2.24) is 4.90 Å². The van der Waals surface area contributed by atoms with Gasteiger partial charge in [-0.15, -0.1) is 0 Å². The van der Waals surface area contributed by atoms with Crippen molar-refractivity contribution in [3.05, 3.63) is 12.2 Å². The molecule has 0 spiro atoms. The van der Waals surface area contributed by atoms with Crippen molar-refractivity contribution < 1.29 is 58.7 Å². The number of likely N-dealkylation sites (N-methyl/N-ethyl adjacent to an activating group) is 1. The molecule has 17 atom stereocenters. The number of aliphatic hydroxyl groups excluding tert-OH is 3. The first kappa shape index (κ1) is 42.2. The standard InChI is InChI=1S/C36H65NO12/c1-13-26-36(10,43)29(39)23(6)37(11)18-19(2)16-34(8,42)31(49-33-25(38)15-14-20(3)45-33)21(4)28(22(5)32(41)47-26)48-27-17-35(9,44-12)30(40)24(7)46-27/h14-15,19-31,33,38-40,42-43H,13,16-18H2,1-12H3/t19-,20-,21+,22-,23-,24+,25-,26-,27+,28+,29+,30+,31-,33+,34?,35-,36-/m1/s1. The summed E-state index contributed by atoms with van der Waals surface area (Å²) in [6.07, 6.45) is -5.61. The number of hydrogen-bond acceptors (Lipinski definition) is 13. The predicted molar refractivity (Wildman–Crippen MR) is 181 cm³/mol. The molecule has 2 fully saturated rings. The van der Waals surface area contributed by atoms with Crippen LogP contribution in [0.2, 0.25) is 0 Å². The number of carbonyl (C=O) groups is 1.